The Hall–Kier alpha value is -4.60. The lowest BCUT2D eigenvalue weighted by Gasteiger charge is -2.19. The van der Waals surface area contributed by atoms with E-state index in [0.29, 0.717) is 25.9 Å². The van der Waals surface area contributed by atoms with Crippen molar-refractivity contribution in [2.75, 3.05) is 13.7 Å². The number of ether oxygens (including phenoxy) is 2. The number of unbranched alkanes of at least 4 members (excludes halogenated alkanes) is 1. The first-order valence-electron chi connectivity index (χ1n) is 12.9. The minimum Gasteiger partial charge on any atom is -0.464 e. The first-order chi connectivity index (χ1) is 19.0. The minimum atomic E-state index is -0.768. The standard InChI is InChI=1S/C30H38N4O6/c1-7-13-24(28(37)39-6)33-27(36)23(15-11-12-17-31-29(38)40-30(3,4)5)32-26(35)19-21-20-34(18-8-2)25-16-10-9-14-22(21)25/h7-10,13-16,20H,1-2,11-12,17-19H2,3-6H3,(H,31,38)(H,32,35)(H,33,36)/b23-15+,24-13+. The van der Waals surface area contributed by atoms with Crippen LogP contribution in [0.15, 0.2) is 79.3 Å². The minimum absolute atomic E-state index is 0.0157. The first-order valence-corrected chi connectivity index (χ1v) is 12.9. The zero-order valence-corrected chi connectivity index (χ0v) is 23.5. The molecule has 0 fully saturated rings. The van der Waals surface area contributed by atoms with Crippen molar-refractivity contribution in [3.63, 3.8) is 0 Å². The molecule has 1 aromatic heterocycles. The van der Waals surface area contributed by atoms with Crippen LogP contribution in [0, 0.1) is 0 Å². The largest absolute Gasteiger partial charge is 0.464 e. The molecule has 0 bridgehead atoms. The summed E-state index contributed by atoms with van der Waals surface area (Å²) in [6, 6.07) is 7.71. The van der Waals surface area contributed by atoms with E-state index in [1.54, 1.807) is 26.8 Å². The predicted octanol–water partition coefficient (Wildman–Crippen LogP) is 4.03. The molecule has 214 valence electrons. The fraction of sp³-hybridized carbons (Fsp3) is 0.333. The predicted molar refractivity (Wildman–Crippen MR) is 154 cm³/mol. The number of amides is 3. The lowest BCUT2D eigenvalue weighted by atomic mass is 10.1. The third-order valence-corrected chi connectivity index (χ3v) is 5.40. The number of nitrogens with zero attached hydrogens (tertiary/aromatic N) is 1. The Balaban J connectivity index is 2.18. The maximum absolute atomic E-state index is 13.1. The number of nitrogens with one attached hydrogen (secondary N) is 3. The second-order valence-electron chi connectivity index (χ2n) is 9.79. The molecule has 10 nitrogen and oxygen atoms in total. The average molecular weight is 551 g/mol. The molecule has 1 aromatic carbocycles. The normalized spacial score (nSPS) is 11.9. The average Bonchev–Trinajstić information content (AvgIpc) is 3.23. The van der Waals surface area contributed by atoms with Crippen LogP contribution >= 0.6 is 0 Å². The molecule has 0 saturated heterocycles. The highest BCUT2D eigenvalue weighted by molar-refractivity contribution is 6.03. The molecule has 2 rings (SSSR count). The molecule has 0 aliphatic carbocycles. The highest BCUT2D eigenvalue weighted by Gasteiger charge is 2.20. The number of fused-ring (bicyclic) bond motifs is 1. The summed E-state index contributed by atoms with van der Waals surface area (Å²) >= 11 is 0. The number of hydrogen-bond donors (Lipinski definition) is 3. The van der Waals surface area contributed by atoms with Crippen molar-refractivity contribution in [3.05, 3.63) is 84.9 Å². The van der Waals surface area contributed by atoms with Crippen LogP contribution in [-0.4, -0.2) is 47.7 Å². The van der Waals surface area contributed by atoms with E-state index < -0.39 is 29.5 Å². The summed E-state index contributed by atoms with van der Waals surface area (Å²) in [6.45, 7) is 13.5. The third-order valence-electron chi connectivity index (χ3n) is 5.40. The zero-order chi connectivity index (χ0) is 29.7. The molecule has 0 aliphatic rings. The number of allylic oxidation sites excluding steroid dienone is 4. The van der Waals surface area contributed by atoms with Gasteiger partial charge in [-0.25, -0.2) is 9.59 Å². The van der Waals surface area contributed by atoms with Gasteiger partial charge in [-0.15, -0.1) is 6.58 Å². The number of carbonyl (C=O) groups is 4. The summed E-state index contributed by atoms with van der Waals surface area (Å²) in [5.74, 6) is -1.89. The number of aromatic nitrogens is 1. The summed E-state index contributed by atoms with van der Waals surface area (Å²) in [4.78, 5) is 50.1. The van der Waals surface area contributed by atoms with Crippen molar-refractivity contribution in [1.29, 1.82) is 0 Å². The van der Waals surface area contributed by atoms with E-state index in [4.69, 9.17) is 9.47 Å². The van der Waals surface area contributed by atoms with Crippen molar-refractivity contribution in [2.24, 2.45) is 0 Å². The molecule has 3 amide bonds. The van der Waals surface area contributed by atoms with Crippen LogP contribution in [0.5, 0.6) is 0 Å². The lowest BCUT2D eigenvalue weighted by molar-refractivity contribution is -0.137. The number of hydrogen-bond acceptors (Lipinski definition) is 6. The van der Waals surface area contributed by atoms with Crippen molar-refractivity contribution in [1.82, 2.24) is 20.5 Å². The summed E-state index contributed by atoms with van der Waals surface area (Å²) in [6.07, 6.45) is 8.10. The number of rotatable bonds is 13. The number of esters is 1. The highest BCUT2D eigenvalue weighted by atomic mass is 16.6. The molecule has 1 heterocycles. The van der Waals surface area contributed by atoms with Gasteiger partial charge in [0.05, 0.1) is 13.5 Å². The fourth-order valence-electron chi connectivity index (χ4n) is 3.75. The molecule has 2 aromatic rings. The Morgan fingerprint density at radius 2 is 1.77 bits per heavy atom. The van der Waals surface area contributed by atoms with E-state index in [1.807, 2.05) is 35.0 Å². The summed E-state index contributed by atoms with van der Waals surface area (Å²) in [5, 5.41) is 8.70. The number of carbonyl (C=O) groups excluding carboxylic acids is 4. The van der Waals surface area contributed by atoms with E-state index in [1.165, 1.54) is 25.3 Å². The van der Waals surface area contributed by atoms with Gasteiger partial charge in [0.1, 0.15) is 17.0 Å². The third kappa shape index (κ3) is 9.94. The topological polar surface area (TPSA) is 128 Å². The second-order valence-corrected chi connectivity index (χ2v) is 9.79. The van der Waals surface area contributed by atoms with Gasteiger partial charge in [-0.05, 0) is 51.3 Å². The molecular weight excluding hydrogens is 512 g/mol. The van der Waals surface area contributed by atoms with Crippen LogP contribution in [0.25, 0.3) is 10.9 Å². The maximum atomic E-state index is 13.1. The van der Waals surface area contributed by atoms with Gasteiger partial charge < -0.3 is 30.0 Å². The Bertz CT molecular complexity index is 1310. The van der Waals surface area contributed by atoms with Gasteiger partial charge in [0.25, 0.3) is 5.91 Å². The molecule has 40 heavy (non-hydrogen) atoms. The Labute approximate surface area is 234 Å². The van der Waals surface area contributed by atoms with Gasteiger partial charge in [0, 0.05) is 30.2 Å². The fourth-order valence-corrected chi connectivity index (χ4v) is 3.75. The molecule has 3 N–H and O–H groups in total. The van der Waals surface area contributed by atoms with Gasteiger partial charge >= 0.3 is 12.1 Å². The number of para-hydroxylation sites is 1. The second kappa shape index (κ2) is 15.1. The monoisotopic (exact) mass is 550 g/mol. The van der Waals surface area contributed by atoms with E-state index in [0.717, 1.165) is 16.5 Å². The van der Waals surface area contributed by atoms with Crippen molar-refractivity contribution >= 4 is 34.8 Å². The lowest BCUT2D eigenvalue weighted by Crippen LogP contribution is -2.37. The van der Waals surface area contributed by atoms with Crippen LogP contribution < -0.4 is 16.0 Å². The Morgan fingerprint density at radius 1 is 1.05 bits per heavy atom. The molecule has 0 saturated carbocycles. The first kappa shape index (κ1) is 31.6. The molecular formula is C30H38N4O6. The Morgan fingerprint density at radius 3 is 2.42 bits per heavy atom. The van der Waals surface area contributed by atoms with Crippen LogP contribution in [0.2, 0.25) is 0 Å². The van der Waals surface area contributed by atoms with Crippen LogP contribution in [0.4, 0.5) is 4.79 Å². The quantitative estimate of drug-likeness (QED) is 0.114. The summed E-state index contributed by atoms with van der Waals surface area (Å²) < 4.78 is 11.9. The van der Waals surface area contributed by atoms with E-state index in [2.05, 4.69) is 29.1 Å². The van der Waals surface area contributed by atoms with Crippen molar-refractivity contribution in [2.45, 2.75) is 52.2 Å². The van der Waals surface area contributed by atoms with Gasteiger partial charge in [0.15, 0.2) is 0 Å². The smallest absolute Gasteiger partial charge is 0.407 e. The number of alkyl carbamates (subject to hydrolysis) is 1. The van der Waals surface area contributed by atoms with Gasteiger partial charge in [-0.1, -0.05) is 43.0 Å². The zero-order valence-electron chi connectivity index (χ0n) is 23.5. The summed E-state index contributed by atoms with van der Waals surface area (Å²) in [7, 11) is 1.18. The molecule has 10 heteroatoms. The molecule has 0 radical (unpaired) electrons. The SMILES string of the molecule is C=C/C=C(/NC(=O)/C(=C\CCCNC(=O)OC(C)(C)C)NC(=O)Cc1cn(CC=C)c2ccccc12)C(=O)OC. The molecule has 0 unspecified atom stereocenters. The molecule has 0 spiro atoms. The van der Waals surface area contributed by atoms with Crippen LogP contribution in [-0.2, 0) is 36.8 Å². The van der Waals surface area contributed by atoms with E-state index in [9.17, 15) is 19.2 Å². The number of methoxy groups -OCH3 is 1. The molecule has 0 atom stereocenters. The van der Waals surface area contributed by atoms with Gasteiger partial charge in [-0.2, -0.15) is 0 Å². The van der Waals surface area contributed by atoms with E-state index >= 15 is 0 Å². The highest BCUT2D eigenvalue weighted by Crippen LogP contribution is 2.22. The maximum Gasteiger partial charge on any atom is 0.407 e. The van der Waals surface area contributed by atoms with Gasteiger partial charge in [0.2, 0.25) is 5.91 Å². The molecule has 0 aliphatic heterocycles. The van der Waals surface area contributed by atoms with Gasteiger partial charge in [-0.3, -0.25) is 9.59 Å². The van der Waals surface area contributed by atoms with E-state index in [-0.39, 0.29) is 17.8 Å². The summed E-state index contributed by atoms with van der Waals surface area (Å²) in [5.41, 5.74) is 0.956. The van der Waals surface area contributed by atoms with Crippen molar-refractivity contribution in [3.8, 4) is 0 Å². The Kier molecular flexibility index (Phi) is 11.9. The van der Waals surface area contributed by atoms with Crippen molar-refractivity contribution < 1.29 is 28.7 Å². The van der Waals surface area contributed by atoms with Crippen LogP contribution in [0.1, 0.15) is 39.2 Å². The number of benzene rings is 1. The van der Waals surface area contributed by atoms with Crippen LogP contribution in [0.3, 0.4) is 0 Å².